The summed E-state index contributed by atoms with van der Waals surface area (Å²) < 4.78 is 0. The summed E-state index contributed by atoms with van der Waals surface area (Å²) in [5.41, 5.74) is 3.65. The van der Waals surface area contributed by atoms with Crippen molar-refractivity contribution in [3.8, 4) is 0 Å². The summed E-state index contributed by atoms with van der Waals surface area (Å²) in [5.74, 6) is 0. The number of para-hydroxylation sites is 2. The first-order valence-electron chi connectivity index (χ1n) is 8.21. The zero-order valence-electron chi connectivity index (χ0n) is 13.8. The average molecular weight is 301 g/mol. The molecular formula is C22H23N. The van der Waals surface area contributed by atoms with E-state index in [0.29, 0.717) is 0 Å². The molecule has 1 heteroatoms. The van der Waals surface area contributed by atoms with Gasteiger partial charge in [-0.15, -0.1) is 0 Å². The first-order valence-corrected chi connectivity index (χ1v) is 8.21. The molecule has 23 heavy (non-hydrogen) atoms. The molecule has 0 saturated carbocycles. The van der Waals surface area contributed by atoms with Gasteiger partial charge in [0.15, 0.2) is 0 Å². The Morgan fingerprint density at radius 1 is 0.652 bits per heavy atom. The first kappa shape index (κ1) is 15.4. The van der Waals surface area contributed by atoms with E-state index in [0.717, 1.165) is 6.42 Å². The fourth-order valence-electron chi connectivity index (χ4n) is 3.16. The Balaban J connectivity index is 2.18. The van der Waals surface area contributed by atoms with Gasteiger partial charge < -0.3 is 4.90 Å². The minimum absolute atomic E-state index is 0.107. The van der Waals surface area contributed by atoms with Gasteiger partial charge in [-0.2, -0.15) is 0 Å². The summed E-state index contributed by atoms with van der Waals surface area (Å²) in [6, 6.07) is 32.1. The van der Waals surface area contributed by atoms with Gasteiger partial charge in [-0.25, -0.2) is 0 Å². The molecule has 3 aromatic rings. The Morgan fingerprint density at radius 3 is 1.43 bits per heavy atom. The van der Waals surface area contributed by atoms with Gasteiger partial charge in [-0.1, -0.05) is 73.7 Å². The Bertz CT molecular complexity index is 682. The van der Waals surface area contributed by atoms with Crippen LogP contribution in [0.15, 0.2) is 91.0 Å². The highest BCUT2D eigenvalue weighted by atomic mass is 15.2. The van der Waals surface area contributed by atoms with E-state index >= 15 is 0 Å². The molecule has 0 aliphatic rings. The molecule has 0 aliphatic heterocycles. The van der Waals surface area contributed by atoms with Crippen molar-refractivity contribution in [2.24, 2.45) is 0 Å². The minimum Gasteiger partial charge on any atom is -0.331 e. The largest absolute Gasteiger partial charge is 0.331 e. The summed E-state index contributed by atoms with van der Waals surface area (Å²) in [6.45, 7) is 4.58. The van der Waals surface area contributed by atoms with E-state index in [2.05, 4.69) is 110 Å². The van der Waals surface area contributed by atoms with Crippen LogP contribution in [0, 0.1) is 0 Å². The van der Waals surface area contributed by atoms with Gasteiger partial charge >= 0.3 is 0 Å². The van der Waals surface area contributed by atoms with Crippen molar-refractivity contribution in [1.82, 2.24) is 0 Å². The maximum atomic E-state index is 2.45. The third kappa shape index (κ3) is 3.00. The third-order valence-corrected chi connectivity index (χ3v) is 4.61. The quantitative estimate of drug-likeness (QED) is 0.546. The van der Waals surface area contributed by atoms with Gasteiger partial charge in [-0.05, 0) is 43.2 Å². The number of hydrogen-bond donors (Lipinski definition) is 0. The molecule has 0 aromatic heterocycles. The van der Waals surface area contributed by atoms with Gasteiger partial charge in [0.2, 0.25) is 0 Å². The van der Waals surface area contributed by atoms with Crippen molar-refractivity contribution in [2.75, 3.05) is 4.90 Å². The number of nitrogens with zero attached hydrogens (tertiary/aromatic N) is 1. The molecule has 0 N–H and O–H groups in total. The van der Waals surface area contributed by atoms with Crippen LogP contribution < -0.4 is 4.90 Å². The minimum atomic E-state index is -0.107. The van der Waals surface area contributed by atoms with Crippen LogP contribution in [0.25, 0.3) is 0 Å². The summed E-state index contributed by atoms with van der Waals surface area (Å²) in [5, 5.41) is 0. The van der Waals surface area contributed by atoms with E-state index in [9.17, 15) is 0 Å². The van der Waals surface area contributed by atoms with Crippen LogP contribution in [-0.2, 0) is 5.54 Å². The van der Waals surface area contributed by atoms with E-state index in [-0.39, 0.29) is 5.54 Å². The predicted octanol–water partition coefficient (Wildman–Crippen LogP) is 6.15. The monoisotopic (exact) mass is 301 g/mol. The summed E-state index contributed by atoms with van der Waals surface area (Å²) >= 11 is 0. The second-order valence-electron chi connectivity index (χ2n) is 6.00. The molecule has 0 amide bonds. The Morgan fingerprint density at radius 2 is 1.04 bits per heavy atom. The van der Waals surface area contributed by atoms with Gasteiger partial charge in [0.1, 0.15) is 0 Å². The molecule has 0 fully saturated rings. The number of hydrogen-bond acceptors (Lipinski definition) is 1. The van der Waals surface area contributed by atoms with E-state index < -0.39 is 0 Å². The molecule has 3 rings (SSSR count). The number of rotatable bonds is 5. The lowest BCUT2D eigenvalue weighted by atomic mass is 9.86. The maximum Gasteiger partial charge on any atom is 0.0671 e. The highest BCUT2D eigenvalue weighted by Gasteiger charge is 2.33. The molecule has 0 heterocycles. The van der Waals surface area contributed by atoms with E-state index in [1.807, 2.05) is 0 Å². The second-order valence-corrected chi connectivity index (χ2v) is 6.00. The van der Waals surface area contributed by atoms with Crippen molar-refractivity contribution >= 4 is 11.4 Å². The van der Waals surface area contributed by atoms with Crippen molar-refractivity contribution in [3.63, 3.8) is 0 Å². The molecule has 0 aliphatic carbocycles. The fourth-order valence-corrected chi connectivity index (χ4v) is 3.16. The summed E-state index contributed by atoms with van der Waals surface area (Å²) in [7, 11) is 0. The standard InChI is InChI=1S/C22H23N/c1-3-22(2,19-13-7-4-8-14-19)23(20-15-9-5-10-16-20)21-17-11-6-12-18-21/h4-18H,3H2,1-2H3/t22-/m0/s1. The zero-order valence-corrected chi connectivity index (χ0v) is 13.8. The molecule has 0 saturated heterocycles. The molecule has 1 atom stereocenters. The number of benzene rings is 3. The molecular weight excluding hydrogens is 278 g/mol. The molecule has 0 radical (unpaired) electrons. The van der Waals surface area contributed by atoms with Crippen LogP contribution in [0.5, 0.6) is 0 Å². The lowest BCUT2D eigenvalue weighted by Crippen LogP contribution is -2.40. The van der Waals surface area contributed by atoms with E-state index in [4.69, 9.17) is 0 Å². The smallest absolute Gasteiger partial charge is 0.0671 e. The fraction of sp³-hybridized carbons (Fsp3) is 0.182. The van der Waals surface area contributed by atoms with E-state index in [1.54, 1.807) is 0 Å². The molecule has 3 aromatic carbocycles. The second kappa shape index (κ2) is 6.70. The van der Waals surface area contributed by atoms with Crippen LogP contribution in [0.2, 0.25) is 0 Å². The highest BCUT2D eigenvalue weighted by Crippen LogP contribution is 2.41. The predicted molar refractivity (Wildman–Crippen MR) is 99.1 cm³/mol. The van der Waals surface area contributed by atoms with Crippen LogP contribution in [0.4, 0.5) is 11.4 Å². The molecule has 0 unspecified atom stereocenters. The topological polar surface area (TPSA) is 3.24 Å². The molecule has 1 nitrogen and oxygen atoms in total. The summed E-state index contributed by atoms with van der Waals surface area (Å²) in [6.07, 6.45) is 1.01. The lowest BCUT2D eigenvalue weighted by Gasteiger charge is -2.43. The van der Waals surface area contributed by atoms with Crippen LogP contribution in [0.1, 0.15) is 25.8 Å². The zero-order chi connectivity index (χ0) is 16.1. The van der Waals surface area contributed by atoms with Gasteiger partial charge in [0.05, 0.1) is 5.54 Å². The van der Waals surface area contributed by atoms with Gasteiger partial charge in [-0.3, -0.25) is 0 Å². The third-order valence-electron chi connectivity index (χ3n) is 4.61. The van der Waals surface area contributed by atoms with Crippen LogP contribution in [-0.4, -0.2) is 0 Å². The van der Waals surface area contributed by atoms with Crippen LogP contribution >= 0.6 is 0 Å². The molecule has 0 bridgehead atoms. The summed E-state index contributed by atoms with van der Waals surface area (Å²) in [4.78, 5) is 2.45. The lowest BCUT2D eigenvalue weighted by molar-refractivity contribution is 0.464. The molecule has 116 valence electrons. The van der Waals surface area contributed by atoms with Crippen molar-refractivity contribution in [2.45, 2.75) is 25.8 Å². The Labute approximate surface area is 139 Å². The molecule has 0 spiro atoms. The van der Waals surface area contributed by atoms with E-state index in [1.165, 1.54) is 16.9 Å². The maximum absolute atomic E-state index is 2.45. The van der Waals surface area contributed by atoms with Gasteiger partial charge in [0, 0.05) is 11.4 Å². The average Bonchev–Trinajstić information content (AvgIpc) is 2.64. The highest BCUT2D eigenvalue weighted by molar-refractivity contribution is 5.66. The van der Waals surface area contributed by atoms with Crippen LogP contribution in [0.3, 0.4) is 0 Å². The van der Waals surface area contributed by atoms with Gasteiger partial charge in [0.25, 0.3) is 0 Å². The van der Waals surface area contributed by atoms with Crippen molar-refractivity contribution in [1.29, 1.82) is 0 Å². The Kier molecular flexibility index (Phi) is 4.47. The Hall–Kier alpha value is -2.54. The first-order chi connectivity index (χ1) is 11.3. The van der Waals surface area contributed by atoms with Crippen molar-refractivity contribution < 1.29 is 0 Å². The van der Waals surface area contributed by atoms with Crippen molar-refractivity contribution in [3.05, 3.63) is 96.6 Å². The normalized spacial score (nSPS) is 13.3. The SMILES string of the molecule is CC[C@@](C)(c1ccccc1)N(c1ccccc1)c1ccccc1. The number of anilines is 2.